The maximum Gasteiger partial charge on any atom is 0.260 e. The van der Waals surface area contributed by atoms with Crippen molar-refractivity contribution in [3.63, 3.8) is 0 Å². The average molecular weight is 466 g/mol. The highest BCUT2D eigenvalue weighted by molar-refractivity contribution is 7.23. The van der Waals surface area contributed by atoms with Crippen molar-refractivity contribution in [1.29, 1.82) is 0 Å². The lowest BCUT2D eigenvalue weighted by atomic mass is 10.2. The fourth-order valence-corrected chi connectivity index (χ4v) is 4.58. The van der Waals surface area contributed by atoms with Gasteiger partial charge in [-0.05, 0) is 61.4 Å². The number of amides is 1. The van der Waals surface area contributed by atoms with Crippen LogP contribution in [0, 0.1) is 6.92 Å². The number of hydrogen-bond acceptors (Lipinski definition) is 5. The number of unbranched alkanes of at least 4 members (excludes halogenated alkanes) is 1. The number of fused-ring (bicyclic) bond motifs is 1. The van der Waals surface area contributed by atoms with Gasteiger partial charge in [-0.1, -0.05) is 48.4 Å². The quantitative estimate of drug-likeness (QED) is 0.272. The molecule has 0 atom stereocenters. The predicted molar refractivity (Wildman–Crippen MR) is 131 cm³/mol. The van der Waals surface area contributed by atoms with Crippen LogP contribution in [0.3, 0.4) is 0 Å². The molecule has 0 fully saturated rings. The summed E-state index contributed by atoms with van der Waals surface area (Å²) in [6.45, 7) is 5.09. The summed E-state index contributed by atoms with van der Waals surface area (Å²) < 4.78 is 6.60. The number of pyridine rings is 1. The number of anilines is 1. The maximum absolute atomic E-state index is 13.6. The minimum atomic E-state index is -0.149. The molecule has 32 heavy (non-hydrogen) atoms. The summed E-state index contributed by atoms with van der Waals surface area (Å²) >= 11 is 7.83. The molecule has 2 aromatic carbocycles. The number of aryl methyl sites for hydroxylation is 1. The van der Waals surface area contributed by atoms with Crippen LogP contribution in [0.1, 0.15) is 41.4 Å². The second-order valence-corrected chi connectivity index (χ2v) is 8.86. The van der Waals surface area contributed by atoms with Crippen molar-refractivity contribution in [3.05, 3.63) is 82.6 Å². The van der Waals surface area contributed by atoms with E-state index in [1.54, 1.807) is 23.2 Å². The summed E-state index contributed by atoms with van der Waals surface area (Å²) in [4.78, 5) is 24.4. The van der Waals surface area contributed by atoms with Gasteiger partial charge in [-0.2, -0.15) is 0 Å². The summed E-state index contributed by atoms with van der Waals surface area (Å²) in [5.74, 6) is 0.609. The van der Waals surface area contributed by atoms with Gasteiger partial charge in [-0.25, -0.2) is 4.98 Å². The highest BCUT2D eigenvalue weighted by atomic mass is 35.5. The predicted octanol–water partition coefficient (Wildman–Crippen LogP) is 6.68. The second-order valence-electron chi connectivity index (χ2n) is 7.48. The van der Waals surface area contributed by atoms with Gasteiger partial charge in [-0.3, -0.25) is 14.7 Å². The number of carbonyl (C=O) groups is 1. The molecule has 7 heteroatoms. The minimum Gasteiger partial charge on any atom is -0.494 e. The van der Waals surface area contributed by atoms with Gasteiger partial charge >= 0.3 is 0 Å². The van der Waals surface area contributed by atoms with Crippen LogP contribution in [0.2, 0.25) is 5.02 Å². The molecule has 0 unspecified atom stereocenters. The number of aromatic nitrogens is 2. The van der Waals surface area contributed by atoms with Crippen molar-refractivity contribution >= 4 is 44.2 Å². The minimum absolute atomic E-state index is 0.149. The number of nitrogens with zero attached hydrogens (tertiary/aromatic N) is 3. The first-order valence-corrected chi connectivity index (χ1v) is 11.8. The van der Waals surface area contributed by atoms with Crippen molar-refractivity contribution in [1.82, 2.24) is 9.97 Å². The number of ether oxygens (including phenoxy) is 1. The first-order chi connectivity index (χ1) is 15.6. The largest absolute Gasteiger partial charge is 0.494 e. The molecule has 0 radical (unpaired) electrons. The molecule has 0 N–H and O–H groups in total. The molecule has 0 aliphatic rings. The molecule has 0 aliphatic heterocycles. The molecule has 0 spiro atoms. The number of benzene rings is 2. The molecular weight excluding hydrogens is 442 g/mol. The number of carbonyl (C=O) groups excluding carboxylic acids is 1. The van der Waals surface area contributed by atoms with Gasteiger partial charge in [-0.15, -0.1) is 0 Å². The molecule has 2 aromatic heterocycles. The molecular formula is C25H24ClN3O2S. The Bertz CT molecular complexity index is 1170. The van der Waals surface area contributed by atoms with Gasteiger partial charge in [0.05, 0.1) is 34.1 Å². The van der Waals surface area contributed by atoms with E-state index in [9.17, 15) is 4.79 Å². The Morgan fingerprint density at radius 3 is 2.62 bits per heavy atom. The highest BCUT2D eigenvalue weighted by Gasteiger charge is 2.23. The molecule has 5 nitrogen and oxygen atoms in total. The Morgan fingerprint density at radius 2 is 1.94 bits per heavy atom. The van der Waals surface area contributed by atoms with Crippen LogP contribution in [0.4, 0.5) is 5.13 Å². The summed E-state index contributed by atoms with van der Waals surface area (Å²) in [6.07, 6.45) is 3.79. The van der Waals surface area contributed by atoms with E-state index in [0.29, 0.717) is 28.9 Å². The molecule has 2 heterocycles. The standard InChI is InChI=1S/C25H24ClN3O2S/c1-3-4-15-31-20-11-9-18(10-12-20)24(30)29(16-19-7-5-6-14-27-19)25-28-22-17(2)8-13-21(26)23(22)32-25/h5-14H,3-4,15-16H2,1-2H3. The monoisotopic (exact) mass is 465 g/mol. The summed E-state index contributed by atoms with van der Waals surface area (Å²) in [7, 11) is 0. The molecule has 0 saturated heterocycles. The maximum atomic E-state index is 13.6. The zero-order valence-electron chi connectivity index (χ0n) is 18.0. The lowest BCUT2D eigenvalue weighted by Crippen LogP contribution is -2.30. The number of hydrogen-bond donors (Lipinski definition) is 0. The third-order valence-corrected chi connectivity index (χ3v) is 6.61. The van der Waals surface area contributed by atoms with E-state index >= 15 is 0 Å². The number of thiazole rings is 1. The van der Waals surface area contributed by atoms with Crippen LogP contribution in [0.15, 0.2) is 60.8 Å². The zero-order chi connectivity index (χ0) is 22.5. The fraction of sp³-hybridized carbons (Fsp3) is 0.240. The lowest BCUT2D eigenvalue weighted by Gasteiger charge is -2.20. The number of rotatable bonds is 8. The van der Waals surface area contributed by atoms with Crippen molar-refractivity contribution in [2.24, 2.45) is 0 Å². The summed E-state index contributed by atoms with van der Waals surface area (Å²) in [5, 5.41) is 1.23. The van der Waals surface area contributed by atoms with Crippen LogP contribution in [0.5, 0.6) is 5.75 Å². The van der Waals surface area contributed by atoms with Gasteiger partial charge in [0.1, 0.15) is 5.75 Å². The van der Waals surface area contributed by atoms with Gasteiger partial charge in [0.15, 0.2) is 5.13 Å². The van der Waals surface area contributed by atoms with Crippen molar-refractivity contribution in [3.8, 4) is 5.75 Å². The molecule has 4 aromatic rings. The van der Waals surface area contributed by atoms with Crippen LogP contribution in [-0.4, -0.2) is 22.5 Å². The zero-order valence-corrected chi connectivity index (χ0v) is 19.6. The van der Waals surface area contributed by atoms with Crippen molar-refractivity contribution in [2.75, 3.05) is 11.5 Å². The van der Waals surface area contributed by atoms with E-state index in [-0.39, 0.29) is 5.91 Å². The van der Waals surface area contributed by atoms with E-state index in [1.807, 2.05) is 49.4 Å². The third-order valence-electron chi connectivity index (χ3n) is 5.08. The highest BCUT2D eigenvalue weighted by Crippen LogP contribution is 2.36. The fourth-order valence-electron chi connectivity index (χ4n) is 3.27. The van der Waals surface area contributed by atoms with Crippen LogP contribution in [0.25, 0.3) is 10.2 Å². The molecule has 4 rings (SSSR count). The Balaban J connectivity index is 1.67. The first-order valence-electron chi connectivity index (χ1n) is 10.6. The van der Waals surface area contributed by atoms with Gasteiger partial charge in [0, 0.05) is 11.8 Å². The van der Waals surface area contributed by atoms with Crippen molar-refractivity contribution < 1.29 is 9.53 Å². The molecule has 0 aliphatic carbocycles. The molecule has 0 bridgehead atoms. The third kappa shape index (κ3) is 4.92. The SMILES string of the molecule is CCCCOc1ccc(C(=O)N(Cc2ccccn2)c2nc3c(C)ccc(Cl)c3s2)cc1. The van der Waals surface area contributed by atoms with E-state index in [0.717, 1.165) is 40.1 Å². The number of halogens is 1. The second kappa shape index (κ2) is 10.1. The van der Waals surface area contributed by atoms with Crippen LogP contribution >= 0.6 is 22.9 Å². The Labute approximate surface area is 196 Å². The summed E-state index contributed by atoms with van der Waals surface area (Å²) in [5.41, 5.74) is 3.18. The van der Waals surface area contributed by atoms with Gasteiger partial charge in [0.25, 0.3) is 5.91 Å². The molecule has 1 amide bonds. The Morgan fingerprint density at radius 1 is 1.12 bits per heavy atom. The Kier molecular flexibility index (Phi) is 7.02. The van der Waals surface area contributed by atoms with Crippen LogP contribution < -0.4 is 9.64 Å². The first kappa shape index (κ1) is 22.2. The van der Waals surface area contributed by atoms with Gasteiger partial charge in [0.2, 0.25) is 0 Å². The summed E-state index contributed by atoms with van der Waals surface area (Å²) in [6, 6.07) is 16.7. The van der Waals surface area contributed by atoms with Gasteiger partial charge < -0.3 is 4.74 Å². The average Bonchev–Trinajstić information content (AvgIpc) is 3.27. The topological polar surface area (TPSA) is 55.3 Å². The molecule has 164 valence electrons. The molecule has 0 saturated carbocycles. The lowest BCUT2D eigenvalue weighted by molar-refractivity contribution is 0.0985. The van der Waals surface area contributed by atoms with E-state index < -0.39 is 0 Å². The van der Waals surface area contributed by atoms with Crippen molar-refractivity contribution in [2.45, 2.75) is 33.2 Å². The van der Waals surface area contributed by atoms with E-state index in [2.05, 4.69) is 11.9 Å². The van der Waals surface area contributed by atoms with E-state index in [4.69, 9.17) is 21.3 Å². The smallest absolute Gasteiger partial charge is 0.260 e. The normalized spacial score (nSPS) is 11.0. The van der Waals surface area contributed by atoms with Crippen LogP contribution in [-0.2, 0) is 6.54 Å². The Hall–Kier alpha value is -2.96. The van der Waals surface area contributed by atoms with E-state index in [1.165, 1.54) is 11.3 Å².